The standard InChI is InChI=1S/C45H58N2O3/c1-28(2)33-17-22-45(46-38(48)27-47-26-29-9-14-32(47)25-29)24-23-43(6)35(39(33)45)15-16-37-42(5)20-18-34(30-10-12-31(13-11-30)40(49)50-8)41(3,4)36(42)19-21-44(37,43)7/h10-13,17-19,21-24,29,32-33,35-37,39H,1,9,14-16,20,25-27H2,2-8H3,(H,46,48)/t29-,32+,33+,35-,36-,37-,39+,42?,43?,44?,45?/m1/s1. The van der Waals surface area contributed by atoms with Crippen molar-refractivity contribution in [1.29, 1.82) is 0 Å². The van der Waals surface area contributed by atoms with Gasteiger partial charge in [-0.05, 0) is 114 Å². The SMILES string of the molecule is C=C(C)[C@@H]1C=CC2(NC(=O)CN3C[C@@H]4CC[C@H]3C4)C=CC3(C)[C@H](CC[C@@H]4C5(C)CC=C(c6ccc(C(=O)OC)cc6)C(C)(C)[C@H]5C=CC43C)[C@H]12. The summed E-state index contributed by atoms with van der Waals surface area (Å²) in [5.41, 5.74) is 3.80. The second-order valence-corrected chi connectivity index (χ2v) is 18.6. The third-order valence-electron chi connectivity index (χ3n) is 15.8. The molecular weight excluding hydrogens is 617 g/mol. The van der Waals surface area contributed by atoms with Crippen molar-refractivity contribution in [3.63, 3.8) is 0 Å². The Hall–Kier alpha value is -3.18. The number of nitrogens with zero attached hydrogens (tertiary/aromatic N) is 1. The zero-order valence-electron chi connectivity index (χ0n) is 31.4. The van der Waals surface area contributed by atoms with Crippen LogP contribution in [-0.2, 0) is 9.53 Å². The number of carbonyl (C=O) groups excluding carboxylic acids is 2. The molecule has 0 aromatic heterocycles. The van der Waals surface area contributed by atoms with Crippen molar-refractivity contribution in [3.05, 3.63) is 90.1 Å². The lowest BCUT2D eigenvalue weighted by atomic mass is 9.35. The number of ether oxygens (including phenoxy) is 1. The summed E-state index contributed by atoms with van der Waals surface area (Å²) < 4.78 is 4.95. The van der Waals surface area contributed by atoms with Crippen molar-refractivity contribution in [2.24, 2.45) is 57.2 Å². The topological polar surface area (TPSA) is 58.6 Å². The molecule has 1 aromatic carbocycles. The first-order chi connectivity index (χ1) is 23.7. The molecule has 5 nitrogen and oxygen atoms in total. The summed E-state index contributed by atoms with van der Waals surface area (Å²) in [5, 5.41) is 3.65. The molecule has 2 saturated carbocycles. The molecule has 5 heteroatoms. The quantitative estimate of drug-likeness (QED) is 0.242. The van der Waals surface area contributed by atoms with Crippen LogP contribution in [0, 0.1) is 57.2 Å². The molecular formula is C45H58N2O3. The fourth-order valence-electron chi connectivity index (χ4n) is 13.3. The summed E-state index contributed by atoms with van der Waals surface area (Å²) in [6, 6.07) is 8.56. The lowest BCUT2D eigenvalue weighted by Gasteiger charge is -2.69. The highest BCUT2D eigenvalue weighted by atomic mass is 16.5. The molecule has 1 amide bonds. The molecule has 1 N–H and O–H groups in total. The van der Waals surface area contributed by atoms with Crippen LogP contribution < -0.4 is 5.32 Å². The van der Waals surface area contributed by atoms with Crippen LogP contribution in [0.5, 0.6) is 0 Å². The Morgan fingerprint density at radius 3 is 2.36 bits per heavy atom. The van der Waals surface area contributed by atoms with E-state index < -0.39 is 5.54 Å². The van der Waals surface area contributed by atoms with E-state index >= 15 is 0 Å². The van der Waals surface area contributed by atoms with Crippen LogP contribution in [0.3, 0.4) is 0 Å². The molecule has 1 aliphatic heterocycles. The summed E-state index contributed by atoms with van der Waals surface area (Å²) in [4.78, 5) is 28.4. The molecule has 8 rings (SSSR count). The number of likely N-dealkylation sites (tertiary alicyclic amines) is 1. The normalized spacial score (nSPS) is 43.3. The molecule has 0 spiro atoms. The van der Waals surface area contributed by atoms with Crippen LogP contribution in [0.2, 0.25) is 0 Å². The Kier molecular flexibility index (Phi) is 7.74. The predicted octanol–water partition coefficient (Wildman–Crippen LogP) is 8.81. The van der Waals surface area contributed by atoms with Crippen molar-refractivity contribution in [2.75, 3.05) is 20.2 Å². The number of hydrogen-bond donors (Lipinski definition) is 1. The number of carbonyl (C=O) groups is 2. The number of rotatable bonds is 6. The maximum Gasteiger partial charge on any atom is 0.337 e. The number of nitrogens with one attached hydrogen (secondary N) is 1. The number of allylic oxidation sites excluding steroid dienone is 7. The highest BCUT2D eigenvalue weighted by molar-refractivity contribution is 5.90. The van der Waals surface area contributed by atoms with E-state index in [0.717, 1.165) is 25.3 Å². The molecule has 3 fully saturated rings. The molecule has 4 unspecified atom stereocenters. The molecule has 2 bridgehead atoms. The first-order valence-corrected chi connectivity index (χ1v) is 19.4. The average Bonchev–Trinajstić information content (AvgIpc) is 3.80. The van der Waals surface area contributed by atoms with E-state index in [1.54, 1.807) is 0 Å². The zero-order chi connectivity index (χ0) is 35.4. The number of esters is 1. The van der Waals surface area contributed by atoms with Gasteiger partial charge in [0.1, 0.15) is 0 Å². The Morgan fingerprint density at radius 2 is 1.70 bits per heavy atom. The Morgan fingerprint density at radius 1 is 0.940 bits per heavy atom. The maximum absolute atomic E-state index is 13.9. The zero-order valence-corrected chi connectivity index (χ0v) is 31.4. The van der Waals surface area contributed by atoms with Gasteiger partial charge in [0.05, 0.1) is 24.8 Å². The van der Waals surface area contributed by atoms with Gasteiger partial charge in [0, 0.05) is 24.4 Å². The molecule has 11 atom stereocenters. The predicted molar refractivity (Wildman–Crippen MR) is 201 cm³/mol. The van der Waals surface area contributed by atoms with Crippen LogP contribution in [0.15, 0.2) is 78.9 Å². The first kappa shape index (κ1) is 33.9. The fourth-order valence-corrected chi connectivity index (χ4v) is 13.3. The van der Waals surface area contributed by atoms with E-state index in [0.29, 0.717) is 35.9 Å². The van der Waals surface area contributed by atoms with Gasteiger partial charge in [-0.3, -0.25) is 9.69 Å². The molecule has 7 aliphatic rings. The lowest BCUT2D eigenvalue weighted by molar-refractivity contribution is -0.135. The minimum atomic E-state index is -0.467. The van der Waals surface area contributed by atoms with Crippen molar-refractivity contribution in [3.8, 4) is 0 Å². The summed E-state index contributed by atoms with van der Waals surface area (Å²) in [6.45, 7) is 20.8. The van der Waals surface area contributed by atoms with E-state index in [1.165, 1.54) is 49.5 Å². The minimum Gasteiger partial charge on any atom is -0.465 e. The van der Waals surface area contributed by atoms with Gasteiger partial charge in [0.2, 0.25) is 5.91 Å². The highest BCUT2D eigenvalue weighted by Crippen LogP contribution is 2.73. The average molecular weight is 675 g/mol. The van der Waals surface area contributed by atoms with E-state index in [-0.39, 0.29) is 45.4 Å². The van der Waals surface area contributed by atoms with Gasteiger partial charge < -0.3 is 10.1 Å². The summed E-state index contributed by atoms with van der Waals surface area (Å²) in [5.74, 6) is 2.47. The van der Waals surface area contributed by atoms with Gasteiger partial charge >= 0.3 is 5.97 Å². The number of fused-ring (bicyclic) bond motifs is 9. The Labute approximate surface area is 300 Å². The number of hydrogen-bond acceptors (Lipinski definition) is 4. The molecule has 1 heterocycles. The largest absolute Gasteiger partial charge is 0.465 e. The summed E-state index contributed by atoms with van der Waals surface area (Å²) in [6.07, 6.45) is 24.5. The van der Waals surface area contributed by atoms with Crippen LogP contribution in [0.4, 0.5) is 0 Å². The lowest BCUT2D eigenvalue weighted by Crippen LogP contribution is -2.66. The van der Waals surface area contributed by atoms with Crippen LogP contribution in [0.25, 0.3) is 5.57 Å². The van der Waals surface area contributed by atoms with Crippen LogP contribution in [0.1, 0.15) is 96.0 Å². The second kappa shape index (κ2) is 11.4. The van der Waals surface area contributed by atoms with Gasteiger partial charge in [0.25, 0.3) is 0 Å². The third kappa shape index (κ3) is 4.67. The molecule has 1 saturated heterocycles. The van der Waals surface area contributed by atoms with Crippen molar-refractivity contribution >= 4 is 17.4 Å². The molecule has 1 aromatic rings. The van der Waals surface area contributed by atoms with Gasteiger partial charge in [0.15, 0.2) is 0 Å². The van der Waals surface area contributed by atoms with Gasteiger partial charge in [-0.25, -0.2) is 4.79 Å². The Balaban J connectivity index is 1.11. The second-order valence-electron chi connectivity index (χ2n) is 18.6. The highest BCUT2D eigenvalue weighted by Gasteiger charge is 2.68. The van der Waals surface area contributed by atoms with Gasteiger partial charge in [-0.1, -0.05) is 101 Å². The fraction of sp³-hybridized carbons (Fsp3) is 0.600. The molecule has 266 valence electrons. The number of piperidine rings is 1. The van der Waals surface area contributed by atoms with E-state index in [9.17, 15) is 9.59 Å². The van der Waals surface area contributed by atoms with E-state index in [2.05, 4.69) is 113 Å². The third-order valence-corrected chi connectivity index (χ3v) is 15.8. The molecule has 50 heavy (non-hydrogen) atoms. The van der Waals surface area contributed by atoms with Crippen molar-refractivity contribution in [1.82, 2.24) is 10.2 Å². The van der Waals surface area contributed by atoms with Crippen LogP contribution in [-0.4, -0.2) is 48.6 Å². The van der Waals surface area contributed by atoms with Crippen molar-refractivity contribution in [2.45, 2.75) is 91.6 Å². The number of amides is 1. The van der Waals surface area contributed by atoms with Crippen molar-refractivity contribution < 1.29 is 14.3 Å². The molecule has 0 radical (unpaired) electrons. The van der Waals surface area contributed by atoms with Crippen LogP contribution >= 0.6 is 0 Å². The smallest absolute Gasteiger partial charge is 0.337 e. The summed E-state index contributed by atoms with van der Waals surface area (Å²) in [7, 11) is 1.43. The maximum atomic E-state index is 13.9. The first-order valence-electron chi connectivity index (χ1n) is 19.4. The van der Waals surface area contributed by atoms with E-state index in [4.69, 9.17) is 4.74 Å². The Bertz CT molecular complexity index is 1730. The van der Waals surface area contributed by atoms with Gasteiger partial charge in [-0.2, -0.15) is 0 Å². The number of benzene rings is 1. The monoisotopic (exact) mass is 674 g/mol. The number of methoxy groups -OCH3 is 1. The minimum absolute atomic E-state index is 0.0333. The summed E-state index contributed by atoms with van der Waals surface area (Å²) >= 11 is 0. The van der Waals surface area contributed by atoms with Gasteiger partial charge in [-0.15, -0.1) is 0 Å². The van der Waals surface area contributed by atoms with E-state index in [1.807, 2.05) is 12.1 Å². The molecule has 6 aliphatic carbocycles.